The second-order valence-corrected chi connectivity index (χ2v) is 17.7. The van der Waals surface area contributed by atoms with E-state index >= 15 is 0 Å². The number of imidazole rings is 1. The number of rotatable bonds is 8. The maximum Gasteiger partial charge on any atom is 0.269 e. The van der Waals surface area contributed by atoms with E-state index in [2.05, 4.69) is 27.1 Å². The van der Waals surface area contributed by atoms with Crippen molar-refractivity contribution in [3.05, 3.63) is 242 Å². The molecule has 0 fully saturated rings. The van der Waals surface area contributed by atoms with Gasteiger partial charge < -0.3 is 9.30 Å². The average molecular weight is 920 g/mol. The molecule has 334 valence electrons. The molecule has 4 heterocycles. The van der Waals surface area contributed by atoms with Crippen LogP contribution in [-0.4, -0.2) is 18.7 Å². The van der Waals surface area contributed by atoms with Crippen LogP contribution in [0.3, 0.4) is 0 Å². The van der Waals surface area contributed by atoms with Gasteiger partial charge in [0.2, 0.25) is 0 Å². The van der Waals surface area contributed by atoms with Crippen LogP contribution < -0.4 is 9.30 Å². The molecule has 13 rings (SSSR count). The van der Waals surface area contributed by atoms with Gasteiger partial charge in [-0.3, -0.25) is 13.7 Å². The van der Waals surface area contributed by atoms with Gasteiger partial charge >= 0.3 is 0 Å². The number of para-hydroxylation sites is 6. The third kappa shape index (κ3) is 6.79. The number of aromatic nitrogens is 5. The Morgan fingerprint density at radius 2 is 1.17 bits per heavy atom. The number of pyridine rings is 1. The molecule has 9 aromatic carbocycles. The number of ether oxygens (including phenoxy) is 1. The molecule has 6 heteroatoms. The van der Waals surface area contributed by atoms with Gasteiger partial charge in [-0.25, -0.2) is 4.98 Å². The van der Waals surface area contributed by atoms with Gasteiger partial charge in [-0.1, -0.05) is 178 Å². The van der Waals surface area contributed by atoms with Crippen LogP contribution in [0.2, 0.25) is 0 Å². The summed E-state index contributed by atoms with van der Waals surface area (Å²) < 4.78 is 173. The Labute approximate surface area is 431 Å². The standard InChI is InChI=1S/C64H47N5O/c1-64(2,3)45-37-38-65-61(39-45)69-60-41-48(35-36-53(60)54-29-18-34-59(63(54)69)68-55-30-12-10-25-51(55)52-26-11-13-31-56(52)68)70-47-24-16-23-46(40-47)66-42-67(58-33-15-14-32-57(58)66)62-49(43-19-6-4-7-20-43)27-17-28-50(62)44-21-8-5-9-22-44/h4-41H,1-3H3/i4D,5D,6D,7D,8D,9D,10D,11D,12D,13D,19D,20D,21D,22D,25D,26D,30D,31D. The second kappa shape index (κ2) is 16.4. The summed E-state index contributed by atoms with van der Waals surface area (Å²) in [5.41, 5.74) is 3.43. The number of fused-ring (bicyclic) bond motifs is 7. The van der Waals surface area contributed by atoms with Crippen LogP contribution in [0.15, 0.2) is 230 Å². The van der Waals surface area contributed by atoms with E-state index in [9.17, 15) is 2.74 Å². The molecule has 0 aliphatic rings. The Morgan fingerprint density at radius 3 is 1.89 bits per heavy atom. The number of hydrogen-bond acceptors (Lipinski definition) is 2. The smallest absolute Gasteiger partial charge is 0.269 e. The van der Waals surface area contributed by atoms with Gasteiger partial charge in [0, 0.05) is 33.8 Å². The molecule has 0 bridgehead atoms. The van der Waals surface area contributed by atoms with Crippen LogP contribution in [-0.2, 0) is 5.41 Å². The predicted octanol–water partition coefficient (Wildman–Crippen LogP) is 15.7. The van der Waals surface area contributed by atoms with Crippen LogP contribution in [0.4, 0.5) is 0 Å². The predicted molar refractivity (Wildman–Crippen MR) is 286 cm³/mol. The summed E-state index contributed by atoms with van der Waals surface area (Å²) in [5, 5.41) is 1.27. The number of benzene rings is 9. The minimum Gasteiger partial charge on any atom is -0.458 e. The van der Waals surface area contributed by atoms with E-state index in [1.165, 1.54) is 10.6 Å². The van der Waals surface area contributed by atoms with Crippen molar-refractivity contribution in [2.45, 2.75) is 26.2 Å². The van der Waals surface area contributed by atoms with Crippen molar-refractivity contribution >= 4 is 54.6 Å². The zero-order chi connectivity index (χ0) is 62.6. The molecule has 0 radical (unpaired) electrons. The van der Waals surface area contributed by atoms with Gasteiger partial charge in [0.25, 0.3) is 6.33 Å². The zero-order valence-electron chi connectivity index (χ0n) is 55.7. The molecule has 0 atom stereocenters. The van der Waals surface area contributed by atoms with E-state index < -0.39 is 109 Å². The number of nitrogens with zero attached hydrogens (tertiary/aromatic N) is 5. The topological polar surface area (TPSA) is 40.8 Å². The Hall–Kier alpha value is -9.00. The minimum absolute atomic E-state index is 0.0384. The van der Waals surface area contributed by atoms with Gasteiger partial charge in [-0.15, -0.1) is 0 Å². The third-order valence-corrected chi connectivity index (χ3v) is 12.5. The van der Waals surface area contributed by atoms with Gasteiger partial charge in [0.1, 0.15) is 17.3 Å². The molecular weight excluding hydrogens is 855 g/mol. The normalized spacial score (nSPS) is 15.5. The highest BCUT2D eigenvalue weighted by Gasteiger charge is 2.24. The first-order chi connectivity index (χ1) is 41.8. The summed E-state index contributed by atoms with van der Waals surface area (Å²) >= 11 is 0. The van der Waals surface area contributed by atoms with Crippen molar-refractivity contribution in [2.24, 2.45) is 0 Å². The van der Waals surface area contributed by atoms with E-state index in [0.29, 0.717) is 56.1 Å². The molecule has 0 unspecified atom stereocenters. The van der Waals surface area contributed by atoms with Gasteiger partial charge in [0.15, 0.2) is 0 Å². The lowest BCUT2D eigenvalue weighted by Crippen LogP contribution is -2.31. The Kier molecular flexibility index (Phi) is 6.20. The monoisotopic (exact) mass is 919 g/mol. The van der Waals surface area contributed by atoms with E-state index in [0.717, 1.165) is 10.9 Å². The first-order valence-electron chi connectivity index (χ1n) is 31.4. The molecule has 70 heavy (non-hydrogen) atoms. The fourth-order valence-corrected chi connectivity index (χ4v) is 9.38. The SMILES string of the molecule is [2H]c1c([2H])c([2H])c(-c2cccc(-c3c([2H])c([2H])c([2H])c([2H])c3[2H])c2-[n+]2[c-]n(-c3cccc(Oc4ccc5c6cccc(-n7c8c([2H])c([2H])c([2H])c([2H])c8c8c([2H])c([2H])c([2H])c([2H])c87)c6n(-c6cc(C(C)(C)C)ccn6)c5c4)c3)c3ccccc32)c([2H])c1[2H]. The molecule has 0 spiro atoms. The van der Waals surface area contributed by atoms with Gasteiger partial charge in [0.05, 0.1) is 74.8 Å². The largest absolute Gasteiger partial charge is 0.458 e. The molecule has 13 aromatic rings. The van der Waals surface area contributed by atoms with Crippen LogP contribution >= 0.6 is 0 Å². The van der Waals surface area contributed by atoms with Crippen molar-refractivity contribution in [1.82, 2.24) is 18.7 Å². The van der Waals surface area contributed by atoms with Crippen molar-refractivity contribution in [3.8, 4) is 56.6 Å². The van der Waals surface area contributed by atoms with E-state index in [-0.39, 0.29) is 55.2 Å². The lowest BCUT2D eigenvalue weighted by Gasteiger charge is -2.20. The Morgan fingerprint density at radius 1 is 0.529 bits per heavy atom. The van der Waals surface area contributed by atoms with Crippen molar-refractivity contribution in [1.29, 1.82) is 0 Å². The molecule has 0 amide bonds. The van der Waals surface area contributed by atoms with Gasteiger partial charge in [-0.2, -0.15) is 0 Å². The zero-order valence-corrected chi connectivity index (χ0v) is 37.7. The summed E-state index contributed by atoms with van der Waals surface area (Å²) in [6.45, 7) is 6.21. The molecule has 0 saturated carbocycles. The molecule has 6 nitrogen and oxygen atoms in total. The van der Waals surface area contributed by atoms with Crippen LogP contribution in [0, 0.1) is 6.33 Å². The molecule has 0 aliphatic heterocycles. The highest BCUT2D eigenvalue weighted by Crippen LogP contribution is 2.42. The quantitative estimate of drug-likeness (QED) is 0.113. The van der Waals surface area contributed by atoms with E-state index in [1.807, 2.05) is 47.0 Å². The van der Waals surface area contributed by atoms with E-state index in [1.54, 1.807) is 82.1 Å². The molecule has 0 saturated heterocycles. The van der Waals surface area contributed by atoms with E-state index in [4.69, 9.17) is 31.7 Å². The van der Waals surface area contributed by atoms with Crippen molar-refractivity contribution in [2.75, 3.05) is 0 Å². The highest BCUT2D eigenvalue weighted by molar-refractivity contribution is 6.15. The van der Waals surface area contributed by atoms with Crippen molar-refractivity contribution in [3.63, 3.8) is 0 Å². The first kappa shape index (κ1) is 26.5. The minimum atomic E-state index is -0.611. The Balaban J connectivity index is 1.02. The lowest BCUT2D eigenvalue weighted by atomic mass is 9.88. The first-order valence-corrected chi connectivity index (χ1v) is 22.4. The molecule has 0 N–H and O–H groups in total. The average Bonchev–Trinajstić information content (AvgIpc) is 2.24. The fraction of sp³-hybridized carbons (Fsp3) is 0.0625. The number of hydrogen-bond donors (Lipinski definition) is 0. The maximum atomic E-state index is 9.33. The van der Waals surface area contributed by atoms with Crippen LogP contribution in [0.5, 0.6) is 11.5 Å². The molecular formula is C64H47N5O. The van der Waals surface area contributed by atoms with Crippen molar-refractivity contribution < 1.29 is 34.0 Å². The highest BCUT2D eigenvalue weighted by atomic mass is 16.5. The molecule has 0 aliphatic carbocycles. The summed E-state index contributed by atoms with van der Waals surface area (Å²) in [5.74, 6) is 1.20. The van der Waals surface area contributed by atoms with Crippen LogP contribution in [0.25, 0.3) is 99.8 Å². The second-order valence-electron chi connectivity index (χ2n) is 17.7. The summed E-state index contributed by atoms with van der Waals surface area (Å²) in [4.78, 5) is 4.92. The lowest BCUT2D eigenvalue weighted by molar-refractivity contribution is -0.571. The Bertz CT molecular complexity index is 5010. The fourth-order valence-electron chi connectivity index (χ4n) is 9.38. The summed E-state index contributed by atoms with van der Waals surface area (Å²) in [6.07, 6.45) is 5.11. The van der Waals surface area contributed by atoms with Gasteiger partial charge in [-0.05, 0) is 93.8 Å². The van der Waals surface area contributed by atoms with Crippen LogP contribution in [0.1, 0.15) is 51.0 Å². The third-order valence-electron chi connectivity index (χ3n) is 12.5. The molecule has 4 aromatic heterocycles. The maximum absolute atomic E-state index is 9.33. The summed E-state index contributed by atoms with van der Waals surface area (Å²) in [6, 6.07) is 24.0. The summed E-state index contributed by atoms with van der Waals surface area (Å²) in [7, 11) is 0.